The van der Waals surface area contributed by atoms with Crippen molar-refractivity contribution in [2.75, 3.05) is 49.1 Å². The van der Waals surface area contributed by atoms with E-state index in [1.54, 1.807) is 23.2 Å². The zero-order chi connectivity index (χ0) is 24.5. The summed E-state index contributed by atoms with van der Waals surface area (Å²) in [5.74, 6) is 0.119. The number of pyridine rings is 1. The molecule has 3 aromatic rings. The monoisotopic (exact) mass is 480 g/mol. The number of rotatable bonds is 5. The van der Waals surface area contributed by atoms with Crippen LogP contribution in [0.1, 0.15) is 17.4 Å². The van der Waals surface area contributed by atoms with Crippen molar-refractivity contribution in [2.45, 2.75) is 13.0 Å². The minimum Gasteiger partial charge on any atom is -0.442 e. The van der Waals surface area contributed by atoms with Crippen LogP contribution in [0.25, 0.3) is 10.9 Å². The largest absolute Gasteiger partial charge is 0.442 e. The van der Waals surface area contributed by atoms with Crippen molar-refractivity contribution < 1.29 is 23.5 Å². The Morgan fingerprint density at radius 2 is 1.97 bits per heavy atom. The van der Waals surface area contributed by atoms with E-state index in [1.807, 2.05) is 12.1 Å². The Balaban J connectivity index is 1.18. The molecule has 182 valence electrons. The number of carbonyl (C=O) groups is 3. The number of piperazine rings is 1. The number of fused-ring (bicyclic) bond motifs is 1. The normalized spacial score (nSPS) is 18.2. The molecule has 0 aliphatic carbocycles. The highest BCUT2D eigenvalue weighted by Crippen LogP contribution is 2.24. The summed E-state index contributed by atoms with van der Waals surface area (Å²) in [4.78, 5) is 49.1. The van der Waals surface area contributed by atoms with Crippen molar-refractivity contribution >= 4 is 40.3 Å². The second-order valence-corrected chi connectivity index (χ2v) is 8.62. The van der Waals surface area contributed by atoms with Gasteiger partial charge in [-0.3, -0.25) is 14.5 Å². The molecule has 0 bridgehead atoms. The topological polar surface area (TPSA) is 111 Å². The number of nitrogens with one attached hydrogen (secondary N) is 2. The van der Waals surface area contributed by atoms with E-state index >= 15 is 0 Å². The van der Waals surface area contributed by atoms with Crippen LogP contribution in [0.3, 0.4) is 0 Å². The van der Waals surface area contributed by atoms with Gasteiger partial charge in [0.05, 0.1) is 25.0 Å². The summed E-state index contributed by atoms with van der Waals surface area (Å²) >= 11 is 0. The maximum atomic E-state index is 13.5. The summed E-state index contributed by atoms with van der Waals surface area (Å²) in [5.41, 5.74) is 1.78. The number of carbonyl (C=O) groups excluding carboxylic acids is 3. The third-order valence-corrected chi connectivity index (χ3v) is 6.20. The Kier molecular flexibility index (Phi) is 5.98. The van der Waals surface area contributed by atoms with Crippen LogP contribution >= 0.6 is 0 Å². The van der Waals surface area contributed by atoms with Crippen LogP contribution in [0, 0.1) is 5.82 Å². The lowest BCUT2D eigenvalue weighted by Gasteiger charge is -2.35. The standard InChI is InChI=1S/C24H25FN6O4/c1-15(32)26-13-19-14-31(24(34)35-19)18-3-5-22(27-12-18)29-6-8-30(9-7-29)23(33)21-11-16-10-17(25)2-4-20(16)28-21/h2-5,10-12,19,28H,6-9,13-14H2,1H3,(H,26,32). The summed E-state index contributed by atoms with van der Waals surface area (Å²) in [5, 5.41) is 3.32. The van der Waals surface area contributed by atoms with Crippen LogP contribution in [0.15, 0.2) is 42.6 Å². The molecule has 2 saturated heterocycles. The number of cyclic esters (lactones) is 1. The van der Waals surface area contributed by atoms with Crippen molar-refractivity contribution in [1.82, 2.24) is 20.2 Å². The molecule has 5 rings (SSSR count). The molecule has 35 heavy (non-hydrogen) atoms. The van der Waals surface area contributed by atoms with Gasteiger partial charge in [0.1, 0.15) is 23.4 Å². The predicted molar refractivity (Wildman–Crippen MR) is 127 cm³/mol. The summed E-state index contributed by atoms with van der Waals surface area (Å²) in [7, 11) is 0. The van der Waals surface area contributed by atoms with Crippen molar-refractivity contribution in [2.24, 2.45) is 0 Å². The fourth-order valence-electron chi connectivity index (χ4n) is 4.35. The minimum atomic E-state index is -0.471. The first-order chi connectivity index (χ1) is 16.9. The maximum Gasteiger partial charge on any atom is 0.414 e. The number of H-pyrrole nitrogens is 1. The van der Waals surface area contributed by atoms with Gasteiger partial charge in [0.25, 0.3) is 5.91 Å². The quantitative estimate of drug-likeness (QED) is 0.579. The van der Waals surface area contributed by atoms with Gasteiger partial charge in [-0.25, -0.2) is 14.2 Å². The second-order valence-electron chi connectivity index (χ2n) is 8.62. The van der Waals surface area contributed by atoms with Gasteiger partial charge in [0, 0.05) is 44.0 Å². The average molecular weight is 481 g/mol. The van der Waals surface area contributed by atoms with E-state index in [-0.39, 0.29) is 24.2 Å². The summed E-state index contributed by atoms with van der Waals surface area (Å²) in [6, 6.07) is 9.72. The number of hydrogen-bond acceptors (Lipinski definition) is 6. The summed E-state index contributed by atoms with van der Waals surface area (Å²) in [6.07, 6.45) is 0.744. The Hall–Kier alpha value is -4.15. The highest BCUT2D eigenvalue weighted by Gasteiger charge is 2.32. The molecule has 4 heterocycles. The molecule has 0 spiro atoms. The van der Waals surface area contributed by atoms with E-state index in [2.05, 4.69) is 20.2 Å². The Morgan fingerprint density at radius 3 is 2.69 bits per heavy atom. The van der Waals surface area contributed by atoms with Gasteiger partial charge < -0.3 is 24.8 Å². The molecular weight excluding hydrogens is 455 g/mol. The number of amides is 3. The van der Waals surface area contributed by atoms with E-state index in [0.717, 1.165) is 11.3 Å². The molecule has 2 N–H and O–H groups in total. The molecular formula is C24H25FN6O4. The van der Waals surface area contributed by atoms with Crippen LogP contribution in [0.4, 0.5) is 20.7 Å². The number of ether oxygens (including phenoxy) is 1. The molecule has 2 aliphatic heterocycles. The third-order valence-electron chi connectivity index (χ3n) is 6.20. The fourth-order valence-corrected chi connectivity index (χ4v) is 4.35. The number of halogens is 1. The van der Waals surface area contributed by atoms with E-state index in [4.69, 9.17) is 4.74 Å². The lowest BCUT2D eigenvalue weighted by Crippen LogP contribution is -2.49. The highest BCUT2D eigenvalue weighted by molar-refractivity contribution is 5.98. The Bertz CT molecular complexity index is 1270. The second kappa shape index (κ2) is 9.24. The van der Waals surface area contributed by atoms with Crippen LogP contribution in [-0.2, 0) is 9.53 Å². The molecule has 1 atom stereocenters. The van der Waals surface area contributed by atoms with Crippen LogP contribution in [-0.4, -0.2) is 78.1 Å². The molecule has 10 nitrogen and oxygen atoms in total. The Morgan fingerprint density at radius 1 is 1.17 bits per heavy atom. The molecule has 0 radical (unpaired) electrons. The smallest absolute Gasteiger partial charge is 0.414 e. The molecule has 0 saturated carbocycles. The van der Waals surface area contributed by atoms with Gasteiger partial charge in [-0.05, 0) is 36.4 Å². The minimum absolute atomic E-state index is 0.120. The molecule has 11 heteroatoms. The summed E-state index contributed by atoms with van der Waals surface area (Å²) < 4.78 is 18.7. The van der Waals surface area contributed by atoms with Crippen molar-refractivity contribution in [1.29, 1.82) is 0 Å². The number of hydrogen-bond donors (Lipinski definition) is 2. The SMILES string of the molecule is CC(=O)NCC1CN(c2ccc(N3CCN(C(=O)c4cc5cc(F)ccc5[nH]4)CC3)nc2)C(=O)O1. The fraction of sp³-hybridized carbons (Fsp3) is 0.333. The van der Waals surface area contributed by atoms with Gasteiger partial charge in [-0.15, -0.1) is 0 Å². The lowest BCUT2D eigenvalue weighted by atomic mass is 10.2. The van der Waals surface area contributed by atoms with Crippen LogP contribution in [0.5, 0.6) is 0 Å². The molecule has 1 aromatic carbocycles. The molecule has 2 fully saturated rings. The van der Waals surface area contributed by atoms with Gasteiger partial charge in [0.15, 0.2) is 0 Å². The molecule has 2 aliphatic rings. The van der Waals surface area contributed by atoms with E-state index in [0.29, 0.717) is 49.5 Å². The van der Waals surface area contributed by atoms with Gasteiger partial charge in [-0.2, -0.15) is 0 Å². The molecule has 3 amide bonds. The van der Waals surface area contributed by atoms with E-state index in [1.165, 1.54) is 24.0 Å². The number of aromatic nitrogens is 2. The first kappa shape index (κ1) is 22.6. The summed E-state index contributed by atoms with van der Waals surface area (Å²) in [6.45, 7) is 4.28. The maximum absolute atomic E-state index is 13.5. The lowest BCUT2D eigenvalue weighted by molar-refractivity contribution is -0.119. The average Bonchev–Trinajstić information content (AvgIpc) is 3.45. The number of benzene rings is 1. The number of anilines is 2. The van der Waals surface area contributed by atoms with Gasteiger partial charge in [0.2, 0.25) is 5.91 Å². The van der Waals surface area contributed by atoms with Gasteiger partial charge >= 0.3 is 6.09 Å². The van der Waals surface area contributed by atoms with Gasteiger partial charge in [-0.1, -0.05) is 0 Å². The Labute approximate surface area is 200 Å². The zero-order valence-electron chi connectivity index (χ0n) is 19.2. The van der Waals surface area contributed by atoms with Crippen LogP contribution in [0.2, 0.25) is 0 Å². The zero-order valence-corrected chi connectivity index (χ0v) is 19.2. The molecule has 1 unspecified atom stereocenters. The van der Waals surface area contributed by atoms with Crippen molar-refractivity contribution in [3.63, 3.8) is 0 Å². The third kappa shape index (κ3) is 4.75. The number of nitrogens with zero attached hydrogens (tertiary/aromatic N) is 4. The highest BCUT2D eigenvalue weighted by atomic mass is 19.1. The van der Waals surface area contributed by atoms with Crippen LogP contribution < -0.4 is 15.1 Å². The van der Waals surface area contributed by atoms with Crippen molar-refractivity contribution in [3.8, 4) is 0 Å². The first-order valence-electron chi connectivity index (χ1n) is 11.4. The first-order valence-corrected chi connectivity index (χ1v) is 11.4. The predicted octanol–water partition coefficient (Wildman–Crippen LogP) is 2.13. The van der Waals surface area contributed by atoms with Crippen molar-refractivity contribution in [3.05, 3.63) is 54.1 Å². The number of aromatic amines is 1. The molecule has 2 aromatic heterocycles. The van der Waals surface area contributed by atoms with E-state index in [9.17, 15) is 18.8 Å². The van der Waals surface area contributed by atoms with E-state index < -0.39 is 12.2 Å².